The number of amides is 3. The van der Waals surface area contributed by atoms with Gasteiger partial charge in [0.05, 0.1) is 12.1 Å². The molecule has 3 atom stereocenters. The van der Waals surface area contributed by atoms with E-state index in [9.17, 15) is 19.2 Å². The second-order valence-electron chi connectivity index (χ2n) is 12.3. The number of hydrogen-bond acceptors (Lipinski definition) is 5. The highest BCUT2D eigenvalue weighted by molar-refractivity contribution is 6.08. The lowest BCUT2D eigenvalue weighted by Crippen LogP contribution is -2.48. The van der Waals surface area contributed by atoms with Crippen molar-refractivity contribution < 1.29 is 23.9 Å². The van der Waals surface area contributed by atoms with Crippen molar-refractivity contribution in [3.8, 4) is 5.75 Å². The number of nitrogens with one attached hydrogen (secondary N) is 2. The maximum Gasteiger partial charge on any atom is 0.243 e. The minimum Gasteiger partial charge on any atom is -0.493 e. The van der Waals surface area contributed by atoms with Crippen LogP contribution in [0.4, 0.5) is 0 Å². The summed E-state index contributed by atoms with van der Waals surface area (Å²) in [6, 6.07) is 3.32. The van der Waals surface area contributed by atoms with Gasteiger partial charge in [0.1, 0.15) is 18.3 Å². The van der Waals surface area contributed by atoms with Gasteiger partial charge < -0.3 is 24.8 Å². The van der Waals surface area contributed by atoms with Gasteiger partial charge in [0, 0.05) is 48.6 Å². The van der Waals surface area contributed by atoms with Crippen LogP contribution in [0.5, 0.6) is 5.75 Å². The lowest BCUT2D eigenvalue weighted by Gasteiger charge is -2.26. The van der Waals surface area contributed by atoms with Crippen molar-refractivity contribution in [3.05, 3.63) is 29.5 Å². The summed E-state index contributed by atoms with van der Waals surface area (Å²) in [5.74, 6) is 0.729. The summed E-state index contributed by atoms with van der Waals surface area (Å²) in [6.07, 6.45) is 8.05. The predicted octanol–water partition coefficient (Wildman–Crippen LogP) is 3.61. The molecule has 0 unspecified atom stereocenters. The summed E-state index contributed by atoms with van der Waals surface area (Å²) >= 11 is 0. The van der Waals surface area contributed by atoms with Crippen molar-refractivity contribution in [2.45, 2.75) is 90.8 Å². The second kappa shape index (κ2) is 11.3. The Balaban J connectivity index is 1.56. The molecule has 2 fully saturated rings. The molecule has 5 rings (SSSR count). The molecule has 2 aliphatic heterocycles. The van der Waals surface area contributed by atoms with E-state index in [2.05, 4.69) is 24.5 Å². The third kappa shape index (κ3) is 5.47. The fourth-order valence-electron chi connectivity index (χ4n) is 6.62. The van der Waals surface area contributed by atoms with E-state index in [1.165, 1.54) is 0 Å². The van der Waals surface area contributed by atoms with Crippen molar-refractivity contribution in [1.82, 2.24) is 20.1 Å². The first kappa shape index (κ1) is 28.2. The number of Topliss-reactive ketones (excluding diaryl/α,β-unsaturated/α-hetero) is 1. The van der Waals surface area contributed by atoms with Gasteiger partial charge in [-0.3, -0.25) is 19.2 Å². The molecule has 3 aliphatic rings. The Morgan fingerprint density at radius 1 is 1.12 bits per heavy atom. The zero-order valence-electron chi connectivity index (χ0n) is 24.2. The number of likely N-dealkylation sites (N-methyl/N-ethyl adjacent to an activating group) is 1. The van der Waals surface area contributed by atoms with Gasteiger partial charge in [-0.15, -0.1) is 0 Å². The molecule has 2 N–H and O–H groups in total. The Morgan fingerprint density at radius 3 is 2.58 bits per heavy atom. The van der Waals surface area contributed by atoms with Crippen LogP contribution in [-0.4, -0.2) is 65.3 Å². The molecule has 0 radical (unpaired) electrons. The maximum atomic E-state index is 13.9. The SMILES string of the molecule is CNC(=O)[C@@H]1C[C@]23CNC(=O)CCCCCCc4cc(OCC(C)C)cc5c(C(C)=O)cn(c45)CC(=O)N1[C@@H]2C3. The predicted molar refractivity (Wildman–Crippen MR) is 152 cm³/mol. The van der Waals surface area contributed by atoms with E-state index in [0.29, 0.717) is 37.5 Å². The number of ether oxygens (including phenoxy) is 1. The number of rotatable bonds is 5. The van der Waals surface area contributed by atoms with Crippen LogP contribution in [0, 0.1) is 11.3 Å². The topological polar surface area (TPSA) is 110 Å². The average molecular weight is 551 g/mol. The number of ketones is 1. The molecule has 3 heterocycles. The number of aryl methyl sites for hydroxylation is 1. The first-order chi connectivity index (χ1) is 19.1. The normalized spacial score (nSPS) is 25.4. The molecule has 9 nitrogen and oxygen atoms in total. The average Bonchev–Trinajstić information content (AvgIpc) is 3.33. The highest BCUT2D eigenvalue weighted by Crippen LogP contribution is 2.59. The summed E-state index contributed by atoms with van der Waals surface area (Å²) in [4.78, 5) is 53.9. The van der Waals surface area contributed by atoms with Crippen LogP contribution in [0.3, 0.4) is 0 Å². The molecule has 1 saturated heterocycles. The third-order valence-corrected chi connectivity index (χ3v) is 8.79. The van der Waals surface area contributed by atoms with Gasteiger partial charge >= 0.3 is 0 Å². The van der Waals surface area contributed by atoms with Gasteiger partial charge in [-0.1, -0.05) is 26.7 Å². The Labute approximate surface area is 236 Å². The van der Waals surface area contributed by atoms with E-state index < -0.39 is 6.04 Å². The monoisotopic (exact) mass is 550 g/mol. The molecule has 2 aromatic rings. The zero-order chi connectivity index (χ0) is 28.6. The fourth-order valence-corrected chi connectivity index (χ4v) is 6.62. The Morgan fingerprint density at radius 2 is 1.88 bits per heavy atom. The van der Waals surface area contributed by atoms with E-state index in [1.54, 1.807) is 25.1 Å². The molecular weight excluding hydrogens is 508 g/mol. The van der Waals surface area contributed by atoms with E-state index in [1.807, 2.05) is 16.7 Å². The van der Waals surface area contributed by atoms with Gasteiger partial charge in [-0.05, 0) is 62.6 Å². The minimum atomic E-state index is -0.573. The van der Waals surface area contributed by atoms with Gasteiger partial charge in [0.25, 0.3) is 0 Å². The van der Waals surface area contributed by atoms with Gasteiger partial charge in [0.15, 0.2) is 5.78 Å². The number of carbonyl (C=O) groups is 4. The lowest BCUT2D eigenvalue weighted by atomic mass is 9.98. The van der Waals surface area contributed by atoms with E-state index in [-0.39, 0.29) is 41.5 Å². The van der Waals surface area contributed by atoms with Gasteiger partial charge in [0.2, 0.25) is 17.7 Å². The van der Waals surface area contributed by atoms with E-state index in [0.717, 1.165) is 60.7 Å². The fraction of sp³-hybridized carbons (Fsp3) is 0.613. The second-order valence-corrected chi connectivity index (χ2v) is 12.3. The Hall–Kier alpha value is -3.36. The van der Waals surface area contributed by atoms with Gasteiger partial charge in [-0.25, -0.2) is 0 Å². The van der Waals surface area contributed by atoms with Crippen LogP contribution in [0.15, 0.2) is 18.3 Å². The first-order valence-corrected chi connectivity index (χ1v) is 14.7. The Bertz CT molecular complexity index is 1330. The van der Waals surface area contributed by atoms with Crippen molar-refractivity contribution in [3.63, 3.8) is 0 Å². The van der Waals surface area contributed by atoms with Gasteiger partial charge in [-0.2, -0.15) is 0 Å². The molecule has 9 heteroatoms. The van der Waals surface area contributed by atoms with Crippen LogP contribution in [-0.2, 0) is 27.3 Å². The number of aromatic nitrogens is 1. The van der Waals surface area contributed by atoms with Crippen LogP contribution < -0.4 is 15.4 Å². The molecule has 1 saturated carbocycles. The number of nitrogens with zero attached hydrogens (tertiary/aromatic N) is 2. The molecule has 1 aromatic carbocycles. The van der Waals surface area contributed by atoms with E-state index in [4.69, 9.17) is 4.74 Å². The van der Waals surface area contributed by atoms with Crippen LogP contribution in [0.1, 0.15) is 81.6 Å². The van der Waals surface area contributed by atoms with Crippen LogP contribution in [0.25, 0.3) is 10.9 Å². The summed E-state index contributed by atoms with van der Waals surface area (Å²) < 4.78 is 8.00. The highest BCUT2D eigenvalue weighted by atomic mass is 16.5. The third-order valence-electron chi connectivity index (χ3n) is 8.79. The number of piperidine rings is 1. The molecule has 1 aromatic heterocycles. The van der Waals surface area contributed by atoms with Crippen molar-refractivity contribution in [2.24, 2.45) is 11.3 Å². The minimum absolute atomic E-state index is 0.0371. The molecule has 216 valence electrons. The highest BCUT2D eigenvalue weighted by Gasteiger charge is 2.66. The standard InChI is InChI=1S/C31H42N4O5/c1-19(2)17-40-22-11-21-9-7-5-6-8-10-27(37)33-18-31-13-25(30(39)32-4)35(26(31)14-31)28(38)16-34-15-24(20(3)36)23(12-22)29(21)34/h11-12,15,19,25-26H,5-10,13-14,16-18H2,1-4H3,(H,32,39)(H,33,37)/t25-,26+,31-/m0/s1. The Kier molecular flexibility index (Phi) is 7.93. The van der Waals surface area contributed by atoms with Crippen LogP contribution in [0.2, 0.25) is 0 Å². The summed E-state index contributed by atoms with van der Waals surface area (Å²) in [6.45, 7) is 6.83. The quantitative estimate of drug-likeness (QED) is 0.553. The molecule has 40 heavy (non-hydrogen) atoms. The van der Waals surface area contributed by atoms with Crippen molar-refractivity contribution in [2.75, 3.05) is 20.2 Å². The number of hydrogen-bond donors (Lipinski definition) is 2. The zero-order valence-corrected chi connectivity index (χ0v) is 24.2. The summed E-state index contributed by atoms with van der Waals surface area (Å²) in [7, 11) is 1.59. The molecular formula is C31H42N4O5. The lowest BCUT2D eigenvalue weighted by molar-refractivity contribution is -0.140. The first-order valence-electron chi connectivity index (χ1n) is 14.7. The van der Waals surface area contributed by atoms with Crippen LogP contribution >= 0.6 is 0 Å². The van der Waals surface area contributed by atoms with E-state index >= 15 is 0 Å². The molecule has 1 aliphatic carbocycles. The summed E-state index contributed by atoms with van der Waals surface area (Å²) in [5.41, 5.74) is 2.24. The molecule has 0 spiro atoms. The number of benzene rings is 1. The maximum absolute atomic E-state index is 13.9. The molecule has 2 bridgehead atoms. The largest absolute Gasteiger partial charge is 0.493 e. The molecule has 3 amide bonds. The van der Waals surface area contributed by atoms with Crippen molar-refractivity contribution in [1.29, 1.82) is 0 Å². The van der Waals surface area contributed by atoms with Crippen molar-refractivity contribution >= 4 is 34.4 Å². The summed E-state index contributed by atoms with van der Waals surface area (Å²) in [5, 5.41) is 6.61. The number of carbonyl (C=O) groups excluding carboxylic acids is 4. The smallest absolute Gasteiger partial charge is 0.243 e.